The lowest BCUT2D eigenvalue weighted by molar-refractivity contribution is -0.117. The zero-order chi connectivity index (χ0) is 22.4. The summed E-state index contributed by atoms with van der Waals surface area (Å²) in [6.45, 7) is -2.42. The quantitative estimate of drug-likeness (QED) is 0.602. The van der Waals surface area contributed by atoms with Crippen LogP contribution in [0.25, 0.3) is 16.8 Å². The van der Waals surface area contributed by atoms with Crippen LogP contribution in [0, 0.1) is 5.92 Å². The van der Waals surface area contributed by atoms with Crippen LogP contribution in [-0.4, -0.2) is 60.6 Å². The van der Waals surface area contributed by atoms with E-state index in [9.17, 15) is 18.4 Å². The Morgan fingerprint density at radius 2 is 2.06 bits per heavy atom. The summed E-state index contributed by atoms with van der Waals surface area (Å²) >= 11 is 0. The van der Waals surface area contributed by atoms with E-state index in [1.165, 1.54) is 15.6 Å². The molecule has 1 unspecified atom stereocenters. The van der Waals surface area contributed by atoms with Crippen LogP contribution in [0.2, 0.25) is 0 Å². The molecule has 2 aliphatic rings. The average Bonchev–Trinajstić information content (AvgIpc) is 3.17. The van der Waals surface area contributed by atoms with Gasteiger partial charge in [0.1, 0.15) is 11.8 Å². The van der Waals surface area contributed by atoms with Gasteiger partial charge in [-0.25, -0.2) is 9.31 Å². The van der Waals surface area contributed by atoms with Crippen molar-refractivity contribution in [3.05, 3.63) is 30.6 Å². The summed E-state index contributed by atoms with van der Waals surface area (Å²) in [5, 5.41) is 19.9. The average molecular weight is 446 g/mol. The van der Waals surface area contributed by atoms with Crippen LogP contribution in [0.3, 0.4) is 0 Å². The van der Waals surface area contributed by atoms with E-state index < -0.39 is 18.7 Å². The van der Waals surface area contributed by atoms with Crippen molar-refractivity contribution in [3.8, 4) is 17.0 Å². The van der Waals surface area contributed by atoms with Crippen molar-refractivity contribution < 1.29 is 28.2 Å². The van der Waals surface area contributed by atoms with Crippen molar-refractivity contribution in [3.63, 3.8) is 0 Å². The fraction of sp³-hybridized carbons (Fsp3) is 0.400. The lowest BCUT2D eigenvalue weighted by atomic mass is 10.1. The second-order valence-corrected chi connectivity index (χ2v) is 7.91. The maximum atomic E-state index is 13.6. The Labute approximate surface area is 180 Å². The lowest BCUT2D eigenvalue weighted by Crippen LogP contribution is -2.29. The van der Waals surface area contributed by atoms with Gasteiger partial charge >= 0.3 is 12.6 Å². The molecule has 5 rings (SSSR count). The Bertz CT molecular complexity index is 1190. The number of carboxylic acid groups (broad SMARTS) is 1. The number of nitrogens with one attached hydrogen (secondary N) is 1. The molecular weight excluding hydrogens is 426 g/mol. The van der Waals surface area contributed by atoms with Crippen LogP contribution in [-0.2, 0) is 4.79 Å². The fourth-order valence-corrected chi connectivity index (χ4v) is 3.81. The van der Waals surface area contributed by atoms with E-state index in [-0.39, 0.29) is 29.8 Å². The number of fused-ring (bicyclic) bond motifs is 1. The minimum atomic E-state index is -2.89. The maximum absolute atomic E-state index is 13.6. The van der Waals surface area contributed by atoms with E-state index in [4.69, 9.17) is 9.84 Å². The third-order valence-corrected chi connectivity index (χ3v) is 5.59. The van der Waals surface area contributed by atoms with Crippen molar-refractivity contribution in [1.82, 2.24) is 24.3 Å². The second kappa shape index (κ2) is 7.77. The third kappa shape index (κ3) is 3.83. The molecule has 3 aromatic heterocycles. The van der Waals surface area contributed by atoms with Gasteiger partial charge in [-0.3, -0.25) is 4.79 Å². The van der Waals surface area contributed by atoms with Gasteiger partial charge < -0.3 is 20.1 Å². The first kappa shape index (κ1) is 20.2. The first-order valence-electron chi connectivity index (χ1n) is 10.2. The molecule has 2 N–H and O–H groups in total. The van der Waals surface area contributed by atoms with Gasteiger partial charge in [-0.1, -0.05) is 0 Å². The van der Waals surface area contributed by atoms with E-state index >= 15 is 0 Å². The number of likely N-dealkylation sites (tertiary alicyclic amines) is 1. The van der Waals surface area contributed by atoms with Gasteiger partial charge in [-0.05, 0) is 25.0 Å². The molecular formula is C20H20F2N6O4. The number of pyridine rings is 1. The summed E-state index contributed by atoms with van der Waals surface area (Å²) in [5.41, 5.74) is 1.11. The summed E-state index contributed by atoms with van der Waals surface area (Å²) in [5.74, 6) is 0.487. The number of halogens is 2. The number of anilines is 1. The van der Waals surface area contributed by atoms with E-state index in [0.717, 1.165) is 12.8 Å². The van der Waals surface area contributed by atoms with Crippen LogP contribution in [0.4, 0.5) is 19.4 Å². The molecule has 1 atom stereocenters. The van der Waals surface area contributed by atoms with E-state index in [1.54, 1.807) is 24.4 Å². The number of rotatable bonds is 6. The highest BCUT2D eigenvalue weighted by Gasteiger charge is 2.31. The molecule has 0 radical (unpaired) electrons. The van der Waals surface area contributed by atoms with Crippen molar-refractivity contribution in [1.29, 1.82) is 0 Å². The smallest absolute Gasteiger partial charge is 0.407 e. The number of carbonyl (C=O) groups excluding carboxylic acids is 1. The molecule has 3 aromatic rings. The summed E-state index contributed by atoms with van der Waals surface area (Å²) in [4.78, 5) is 24.3. The van der Waals surface area contributed by atoms with Crippen LogP contribution in [0.1, 0.15) is 25.8 Å². The molecule has 168 valence electrons. The van der Waals surface area contributed by atoms with Gasteiger partial charge in [0.05, 0.1) is 18.3 Å². The first-order valence-corrected chi connectivity index (χ1v) is 10.2. The zero-order valence-corrected chi connectivity index (χ0v) is 16.8. The Kier molecular flexibility index (Phi) is 4.91. The molecule has 32 heavy (non-hydrogen) atoms. The molecule has 10 nitrogen and oxygen atoms in total. The molecule has 0 spiro atoms. The van der Waals surface area contributed by atoms with Crippen LogP contribution < -0.4 is 10.1 Å². The second-order valence-electron chi connectivity index (χ2n) is 7.91. The Morgan fingerprint density at radius 1 is 1.25 bits per heavy atom. The van der Waals surface area contributed by atoms with Gasteiger partial charge in [0, 0.05) is 36.7 Å². The third-order valence-electron chi connectivity index (χ3n) is 5.59. The van der Waals surface area contributed by atoms with Gasteiger partial charge in [0.15, 0.2) is 11.6 Å². The standard InChI is InChI=1S/C20H20F2N6O4/c21-19(22)28-17(15(9-23-28)32-14-4-5-26(10-14)20(30)31)12-3-6-27-13(7-12)8-16(25-27)24-18(29)11-1-2-11/h3,6-9,11,14,19H,1-2,4-5,10H2,(H,30,31)(H,24,25,29). The maximum Gasteiger partial charge on any atom is 0.407 e. The number of nitrogens with zero attached hydrogens (tertiary/aromatic N) is 5. The van der Waals surface area contributed by atoms with Gasteiger partial charge in [-0.15, -0.1) is 0 Å². The van der Waals surface area contributed by atoms with Crippen molar-refractivity contribution >= 4 is 23.3 Å². The highest BCUT2D eigenvalue weighted by atomic mass is 19.3. The summed E-state index contributed by atoms with van der Waals surface area (Å²) in [6.07, 6.45) is 3.51. The molecule has 2 fully saturated rings. The highest BCUT2D eigenvalue weighted by Crippen LogP contribution is 2.35. The Hall–Kier alpha value is -3.70. The highest BCUT2D eigenvalue weighted by molar-refractivity contribution is 5.93. The summed E-state index contributed by atoms with van der Waals surface area (Å²) < 4.78 is 35.3. The van der Waals surface area contributed by atoms with Crippen LogP contribution in [0.5, 0.6) is 5.75 Å². The number of aromatic nitrogens is 4. The summed E-state index contributed by atoms with van der Waals surface area (Å²) in [6, 6.07) is 4.92. The predicted octanol–water partition coefficient (Wildman–Crippen LogP) is 3.07. The van der Waals surface area contributed by atoms with Gasteiger partial charge in [-0.2, -0.15) is 23.7 Å². The van der Waals surface area contributed by atoms with Gasteiger partial charge in [0.25, 0.3) is 0 Å². The van der Waals surface area contributed by atoms with Crippen LogP contribution in [0.15, 0.2) is 30.6 Å². The molecule has 1 saturated heterocycles. The van der Waals surface area contributed by atoms with Crippen molar-refractivity contribution in [2.45, 2.75) is 31.9 Å². The molecule has 2 amide bonds. The van der Waals surface area contributed by atoms with Crippen LogP contribution >= 0.6 is 0 Å². The minimum Gasteiger partial charge on any atom is -0.485 e. The molecule has 1 saturated carbocycles. The number of amides is 2. The fourth-order valence-electron chi connectivity index (χ4n) is 3.81. The monoisotopic (exact) mass is 446 g/mol. The minimum absolute atomic E-state index is 0.0307. The molecule has 0 aromatic carbocycles. The molecule has 0 bridgehead atoms. The zero-order valence-electron chi connectivity index (χ0n) is 16.8. The molecule has 1 aliphatic heterocycles. The van der Waals surface area contributed by atoms with Crippen molar-refractivity contribution in [2.24, 2.45) is 5.92 Å². The van der Waals surface area contributed by atoms with E-state index in [1.807, 2.05) is 0 Å². The van der Waals surface area contributed by atoms with Gasteiger partial charge in [0.2, 0.25) is 5.91 Å². The number of alkyl halides is 2. The largest absolute Gasteiger partial charge is 0.485 e. The topological polar surface area (TPSA) is 114 Å². The first-order chi connectivity index (χ1) is 15.4. The molecule has 12 heteroatoms. The normalized spacial score (nSPS) is 18.5. The number of hydrogen-bond acceptors (Lipinski definition) is 5. The molecule has 1 aliphatic carbocycles. The Morgan fingerprint density at radius 3 is 2.75 bits per heavy atom. The SMILES string of the molecule is O=C(Nc1cc2cc(-c3c(OC4CCN(C(=O)O)C4)cnn3C(F)F)ccn2n1)C1CC1. The predicted molar refractivity (Wildman–Crippen MR) is 108 cm³/mol. The van der Waals surface area contributed by atoms with E-state index in [0.29, 0.717) is 34.5 Å². The number of ether oxygens (including phenoxy) is 1. The lowest BCUT2D eigenvalue weighted by Gasteiger charge is -2.15. The van der Waals surface area contributed by atoms with Crippen molar-refractivity contribution in [2.75, 3.05) is 18.4 Å². The Balaban J connectivity index is 1.44. The number of hydrogen-bond donors (Lipinski definition) is 2. The number of carbonyl (C=O) groups is 2. The summed E-state index contributed by atoms with van der Waals surface area (Å²) in [7, 11) is 0. The van der Waals surface area contributed by atoms with E-state index in [2.05, 4.69) is 15.5 Å². The molecule has 4 heterocycles.